The van der Waals surface area contributed by atoms with E-state index in [0.29, 0.717) is 22.2 Å². The lowest BCUT2D eigenvalue weighted by Crippen LogP contribution is -2.22. The summed E-state index contributed by atoms with van der Waals surface area (Å²) >= 11 is 4.37. The molecular weight excluding hydrogens is 530 g/mol. The van der Waals surface area contributed by atoms with Crippen molar-refractivity contribution in [1.82, 2.24) is 9.55 Å². The van der Waals surface area contributed by atoms with Crippen LogP contribution in [0.1, 0.15) is 31.4 Å². The summed E-state index contributed by atoms with van der Waals surface area (Å²) in [5.74, 6) is -0.0990. The molecule has 24 heavy (non-hydrogen) atoms. The van der Waals surface area contributed by atoms with Gasteiger partial charge in [0.05, 0.1) is 16.6 Å². The number of aromatic nitrogens is 2. The molecule has 0 unspecified atom stereocenters. The van der Waals surface area contributed by atoms with Crippen LogP contribution in [0.3, 0.4) is 0 Å². The van der Waals surface area contributed by atoms with Gasteiger partial charge in [-0.2, -0.15) is 0 Å². The van der Waals surface area contributed by atoms with Crippen molar-refractivity contribution in [3.63, 3.8) is 0 Å². The molecule has 0 bridgehead atoms. The zero-order valence-corrected chi connectivity index (χ0v) is 17.9. The van der Waals surface area contributed by atoms with Gasteiger partial charge in [0.2, 0.25) is 5.78 Å². The van der Waals surface area contributed by atoms with Crippen LogP contribution in [0.4, 0.5) is 0 Å². The lowest BCUT2D eigenvalue weighted by molar-refractivity contribution is 0.103. The third kappa shape index (κ3) is 3.01. The molecule has 0 radical (unpaired) electrons. The Kier molecular flexibility index (Phi) is 6.13. The smallest absolute Gasteiger partial charge is 0.266 e. The zero-order chi connectivity index (χ0) is 18.0. The van der Waals surface area contributed by atoms with Gasteiger partial charge in [0.15, 0.2) is 5.82 Å². The number of benzene rings is 1. The standard InChI is InChI=1S/C16H10I2N2O2.C2H6/c1-3-5-8-13(4-2)20-15(14(8)21)19-12-7-11(18)10(17)6-9(12)16(20)22;1-2/h3-7H,2H2,1H3;1-2H3/b5-3-;. The van der Waals surface area contributed by atoms with Gasteiger partial charge in [-0.05, 0) is 70.3 Å². The second-order valence-corrected chi connectivity index (χ2v) is 7.02. The van der Waals surface area contributed by atoms with Crippen LogP contribution in [0, 0.1) is 7.14 Å². The van der Waals surface area contributed by atoms with E-state index in [4.69, 9.17) is 0 Å². The molecule has 1 aliphatic rings. The van der Waals surface area contributed by atoms with Crippen molar-refractivity contribution in [3.8, 4) is 0 Å². The summed E-state index contributed by atoms with van der Waals surface area (Å²) in [6.07, 6.45) is 4.97. The van der Waals surface area contributed by atoms with Gasteiger partial charge < -0.3 is 0 Å². The van der Waals surface area contributed by atoms with Crippen LogP contribution in [0.25, 0.3) is 16.6 Å². The van der Waals surface area contributed by atoms with E-state index in [1.807, 2.05) is 26.8 Å². The Bertz CT molecular complexity index is 969. The Morgan fingerprint density at radius 3 is 2.38 bits per heavy atom. The van der Waals surface area contributed by atoms with E-state index < -0.39 is 0 Å². The van der Waals surface area contributed by atoms with Crippen molar-refractivity contribution in [2.75, 3.05) is 0 Å². The Morgan fingerprint density at radius 1 is 1.17 bits per heavy atom. The van der Waals surface area contributed by atoms with Crippen molar-refractivity contribution >= 4 is 67.6 Å². The molecule has 2 aromatic rings. The maximum atomic E-state index is 12.8. The quantitative estimate of drug-likeness (QED) is 0.509. The summed E-state index contributed by atoms with van der Waals surface area (Å²) in [5.41, 5.74) is 1.24. The van der Waals surface area contributed by atoms with Crippen LogP contribution in [0.5, 0.6) is 0 Å². The average molecular weight is 546 g/mol. The predicted octanol–water partition coefficient (Wildman–Crippen LogP) is 4.80. The van der Waals surface area contributed by atoms with Crippen LogP contribution < -0.4 is 5.56 Å². The maximum Gasteiger partial charge on any atom is 0.266 e. The molecule has 0 aliphatic carbocycles. The fourth-order valence-corrected chi connectivity index (χ4v) is 3.36. The second-order valence-electron chi connectivity index (χ2n) is 4.69. The van der Waals surface area contributed by atoms with Gasteiger partial charge in [-0.1, -0.05) is 32.6 Å². The highest BCUT2D eigenvalue weighted by Gasteiger charge is 2.30. The van der Waals surface area contributed by atoms with Gasteiger partial charge in [-0.3, -0.25) is 14.2 Å². The van der Waals surface area contributed by atoms with Crippen LogP contribution in [0.15, 0.2) is 47.3 Å². The Morgan fingerprint density at radius 2 is 1.79 bits per heavy atom. The number of nitrogens with zero attached hydrogens (tertiary/aromatic N) is 2. The fraction of sp³-hybridized carbons (Fsp3) is 0.167. The van der Waals surface area contributed by atoms with Gasteiger partial charge >= 0.3 is 0 Å². The molecule has 1 aliphatic heterocycles. The third-order valence-corrected chi connectivity index (χ3v) is 6.22. The molecule has 2 heterocycles. The van der Waals surface area contributed by atoms with E-state index in [1.165, 1.54) is 10.6 Å². The lowest BCUT2D eigenvalue weighted by Gasteiger charge is -2.07. The molecule has 0 amide bonds. The van der Waals surface area contributed by atoms with Crippen molar-refractivity contribution in [2.45, 2.75) is 20.8 Å². The summed E-state index contributed by atoms with van der Waals surface area (Å²) in [7, 11) is 0. The topological polar surface area (TPSA) is 52.0 Å². The molecule has 1 aromatic heterocycles. The molecule has 0 atom stereocenters. The number of fused-ring (bicyclic) bond motifs is 2. The summed E-state index contributed by atoms with van der Waals surface area (Å²) in [6, 6.07) is 3.63. The summed E-state index contributed by atoms with van der Waals surface area (Å²) < 4.78 is 3.33. The number of halogens is 2. The molecule has 0 saturated heterocycles. The van der Waals surface area contributed by atoms with Crippen molar-refractivity contribution in [1.29, 1.82) is 0 Å². The fourth-order valence-electron chi connectivity index (χ4n) is 2.44. The predicted molar refractivity (Wildman–Crippen MR) is 115 cm³/mol. The van der Waals surface area contributed by atoms with Gasteiger partial charge in [-0.15, -0.1) is 0 Å². The molecule has 0 spiro atoms. The largest absolute Gasteiger partial charge is 0.285 e. The first-order chi connectivity index (χ1) is 11.5. The Balaban J connectivity index is 0.00000100. The van der Waals surface area contributed by atoms with Crippen LogP contribution in [-0.4, -0.2) is 15.3 Å². The van der Waals surface area contributed by atoms with Gasteiger partial charge in [-0.25, -0.2) is 4.98 Å². The Hall–Kier alpha value is -1.29. The minimum atomic E-state index is -0.249. The highest BCUT2D eigenvalue weighted by Crippen LogP contribution is 2.27. The molecule has 0 N–H and O–H groups in total. The monoisotopic (exact) mass is 546 g/mol. The number of ketones is 1. The lowest BCUT2D eigenvalue weighted by atomic mass is 10.1. The molecule has 6 heteroatoms. The summed E-state index contributed by atoms with van der Waals surface area (Å²) in [4.78, 5) is 29.7. The van der Waals surface area contributed by atoms with E-state index in [0.717, 1.165) is 7.14 Å². The first kappa shape index (κ1) is 19.0. The van der Waals surface area contributed by atoms with E-state index in [9.17, 15) is 9.59 Å². The maximum absolute atomic E-state index is 12.8. The van der Waals surface area contributed by atoms with Crippen LogP contribution >= 0.6 is 45.2 Å². The van der Waals surface area contributed by atoms with Crippen molar-refractivity contribution in [2.24, 2.45) is 0 Å². The van der Waals surface area contributed by atoms with E-state index in [2.05, 4.69) is 56.7 Å². The number of carbonyl (C=O) groups is 1. The molecule has 1 aromatic carbocycles. The third-order valence-electron chi connectivity index (χ3n) is 3.40. The number of allylic oxidation sites excluding steroid dienone is 5. The van der Waals surface area contributed by atoms with E-state index in [1.54, 1.807) is 18.2 Å². The summed E-state index contributed by atoms with van der Waals surface area (Å²) in [6.45, 7) is 9.55. The number of Topliss-reactive ketones (excluding diaryl/α,β-unsaturated/α-hetero) is 1. The number of hydrogen-bond acceptors (Lipinski definition) is 3. The number of hydrogen-bond donors (Lipinski definition) is 0. The van der Waals surface area contributed by atoms with Gasteiger partial charge in [0.1, 0.15) is 0 Å². The molecule has 4 nitrogen and oxygen atoms in total. The van der Waals surface area contributed by atoms with Gasteiger partial charge in [0, 0.05) is 12.7 Å². The highest BCUT2D eigenvalue weighted by molar-refractivity contribution is 14.1. The minimum Gasteiger partial charge on any atom is -0.285 e. The number of carbonyl (C=O) groups excluding carboxylic acids is 1. The molecule has 0 fully saturated rings. The highest BCUT2D eigenvalue weighted by atomic mass is 127. The normalized spacial score (nSPS) is 13.3. The van der Waals surface area contributed by atoms with Crippen LogP contribution in [0.2, 0.25) is 0 Å². The first-order valence-corrected chi connectivity index (χ1v) is 9.61. The van der Waals surface area contributed by atoms with E-state index >= 15 is 0 Å². The van der Waals surface area contributed by atoms with Crippen LogP contribution in [-0.2, 0) is 0 Å². The van der Waals surface area contributed by atoms with Gasteiger partial charge in [0.25, 0.3) is 5.56 Å². The SMILES string of the molecule is C=CC1=C(/C=C\C)C(=O)c2nc3cc(I)c(I)cc3c(=O)n21.CC. The molecule has 124 valence electrons. The molecular formula is C18H16I2N2O2. The van der Waals surface area contributed by atoms with Crippen molar-refractivity contribution < 1.29 is 4.79 Å². The second kappa shape index (κ2) is 7.73. The Labute approximate surface area is 167 Å². The average Bonchev–Trinajstić information content (AvgIpc) is 2.84. The molecule has 3 rings (SSSR count). The molecule has 0 saturated carbocycles. The van der Waals surface area contributed by atoms with Crippen molar-refractivity contribution in [3.05, 3.63) is 65.8 Å². The summed E-state index contributed by atoms with van der Waals surface area (Å²) in [5, 5.41) is 0.502. The first-order valence-electron chi connectivity index (χ1n) is 7.46. The minimum absolute atomic E-state index is 0.150. The number of rotatable bonds is 2. The zero-order valence-electron chi connectivity index (χ0n) is 13.6. The van der Waals surface area contributed by atoms with E-state index in [-0.39, 0.29) is 17.2 Å².